The van der Waals surface area contributed by atoms with Crippen molar-refractivity contribution in [3.8, 4) is 11.5 Å². The molecule has 45 heavy (non-hydrogen) atoms. The number of barbiturate groups is 1. The fraction of sp³-hybridized carbons (Fsp3) is 0.361. The van der Waals surface area contributed by atoms with Gasteiger partial charge < -0.3 is 9.47 Å². The second-order valence-electron chi connectivity index (χ2n) is 12.9. The molecule has 232 valence electrons. The second kappa shape index (κ2) is 11.8. The minimum atomic E-state index is -0.760. The molecule has 1 aliphatic heterocycles. The summed E-state index contributed by atoms with van der Waals surface area (Å²) in [7, 11) is 0. The van der Waals surface area contributed by atoms with Gasteiger partial charge in [0.2, 0.25) is 0 Å². The number of anilines is 1. The van der Waals surface area contributed by atoms with Crippen LogP contribution in [0.3, 0.4) is 0 Å². The van der Waals surface area contributed by atoms with Crippen molar-refractivity contribution in [2.45, 2.75) is 57.5 Å². The van der Waals surface area contributed by atoms with Crippen LogP contribution in [0.1, 0.15) is 62.1 Å². The van der Waals surface area contributed by atoms with Crippen LogP contribution in [0.15, 0.2) is 66.2 Å². The molecule has 3 aromatic rings. The van der Waals surface area contributed by atoms with E-state index in [1.54, 1.807) is 36.4 Å². The molecule has 0 unspecified atom stereocenters. The molecule has 0 aromatic heterocycles. The van der Waals surface area contributed by atoms with Gasteiger partial charge >= 0.3 is 6.03 Å². The summed E-state index contributed by atoms with van der Waals surface area (Å²) in [5.41, 5.74) is 3.09. The maximum absolute atomic E-state index is 13.6. The fourth-order valence-electron chi connectivity index (χ4n) is 8.28. The van der Waals surface area contributed by atoms with Crippen molar-refractivity contribution < 1.29 is 23.9 Å². The number of ether oxygens (including phenoxy) is 2. The molecule has 5 fully saturated rings. The summed E-state index contributed by atoms with van der Waals surface area (Å²) in [6.07, 6.45) is 9.24. The van der Waals surface area contributed by atoms with Gasteiger partial charge in [-0.3, -0.25) is 14.9 Å². The smallest absolute Gasteiger partial charge is 0.335 e. The molecule has 8 rings (SSSR count). The molecule has 1 heterocycles. The molecule has 4 amide bonds. The van der Waals surface area contributed by atoms with Crippen molar-refractivity contribution in [2.75, 3.05) is 11.5 Å². The van der Waals surface area contributed by atoms with Gasteiger partial charge in [-0.1, -0.05) is 47.5 Å². The lowest BCUT2D eigenvalue weighted by Gasteiger charge is -2.57. The van der Waals surface area contributed by atoms with Crippen LogP contribution in [0.25, 0.3) is 6.08 Å². The number of imide groups is 2. The number of urea groups is 1. The molecule has 9 heteroatoms. The van der Waals surface area contributed by atoms with E-state index in [9.17, 15) is 14.4 Å². The molecule has 7 nitrogen and oxygen atoms in total. The zero-order valence-electron chi connectivity index (χ0n) is 25.0. The Morgan fingerprint density at radius 3 is 2.20 bits per heavy atom. The normalized spacial score (nSPS) is 26.4. The Labute approximate surface area is 272 Å². The molecule has 3 aromatic carbocycles. The first-order valence-electron chi connectivity index (χ1n) is 15.6. The number of nitrogens with zero attached hydrogens (tertiary/aromatic N) is 1. The minimum Gasteiger partial charge on any atom is -0.490 e. The lowest BCUT2D eigenvalue weighted by Crippen LogP contribution is -2.54. The fourth-order valence-corrected chi connectivity index (χ4v) is 8.75. The lowest BCUT2D eigenvalue weighted by molar-refractivity contribution is -0.122. The third-order valence-electron chi connectivity index (χ3n) is 9.85. The molecule has 0 radical (unpaired) electrons. The van der Waals surface area contributed by atoms with Gasteiger partial charge in [-0.15, -0.1) is 0 Å². The van der Waals surface area contributed by atoms with Crippen LogP contribution in [0.4, 0.5) is 10.5 Å². The van der Waals surface area contributed by atoms with Crippen LogP contribution >= 0.6 is 23.2 Å². The van der Waals surface area contributed by atoms with E-state index in [4.69, 9.17) is 32.7 Å². The molecular formula is C36H34Cl2N2O5. The van der Waals surface area contributed by atoms with Crippen LogP contribution in [0.5, 0.6) is 11.5 Å². The van der Waals surface area contributed by atoms with Crippen molar-refractivity contribution >= 4 is 52.8 Å². The molecule has 5 aliphatic rings. The third kappa shape index (κ3) is 5.72. The third-order valence-corrected chi connectivity index (χ3v) is 10.4. The Balaban J connectivity index is 1.11. The van der Waals surface area contributed by atoms with Gasteiger partial charge in [0.25, 0.3) is 11.8 Å². The van der Waals surface area contributed by atoms with E-state index >= 15 is 0 Å². The lowest BCUT2D eigenvalue weighted by atomic mass is 9.48. The van der Waals surface area contributed by atoms with Crippen LogP contribution in [-0.4, -0.2) is 24.5 Å². The van der Waals surface area contributed by atoms with Crippen LogP contribution < -0.4 is 19.7 Å². The summed E-state index contributed by atoms with van der Waals surface area (Å²) >= 11 is 12.3. The second-order valence-corrected chi connectivity index (χ2v) is 13.7. The number of nitrogens with one attached hydrogen (secondary N) is 1. The topological polar surface area (TPSA) is 84.9 Å². The van der Waals surface area contributed by atoms with E-state index in [-0.39, 0.29) is 17.6 Å². The van der Waals surface area contributed by atoms with E-state index in [2.05, 4.69) is 17.4 Å². The highest BCUT2D eigenvalue weighted by atomic mass is 35.5. The number of amides is 4. The highest BCUT2D eigenvalue weighted by Crippen LogP contribution is 2.60. The molecule has 1 saturated heterocycles. The molecule has 4 saturated carbocycles. The number of rotatable bonds is 8. The highest BCUT2D eigenvalue weighted by Gasteiger charge is 2.51. The minimum absolute atomic E-state index is 0.149. The van der Waals surface area contributed by atoms with Crippen LogP contribution in [0.2, 0.25) is 10.0 Å². The first-order chi connectivity index (χ1) is 21.7. The van der Waals surface area contributed by atoms with E-state index in [1.165, 1.54) is 50.2 Å². The van der Waals surface area contributed by atoms with E-state index < -0.39 is 17.8 Å². The molecule has 4 bridgehead atoms. The molecule has 4 aliphatic carbocycles. The summed E-state index contributed by atoms with van der Waals surface area (Å²) in [4.78, 5) is 40.5. The number of halogens is 2. The van der Waals surface area contributed by atoms with Gasteiger partial charge in [0.1, 0.15) is 12.2 Å². The van der Waals surface area contributed by atoms with Gasteiger partial charge in [0.05, 0.1) is 12.3 Å². The van der Waals surface area contributed by atoms with Gasteiger partial charge in [0, 0.05) is 15.6 Å². The number of benzene rings is 3. The molecular weight excluding hydrogens is 611 g/mol. The van der Waals surface area contributed by atoms with Gasteiger partial charge in [-0.25, -0.2) is 9.69 Å². The van der Waals surface area contributed by atoms with E-state index in [0.29, 0.717) is 39.4 Å². The maximum atomic E-state index is 13.6. The van der Waals surface area contributed by atoms with E-state index in [0.717, 1.165) is 28.2 Å². The van der Waals surface area contributed by atoms with E-state index in [1.807, 2.05) is 19.1 Å². The van der Waals surface area contributed by atoms with Crippen molar-refractivity contribution in [3.63, 3.8) is 0 Å². The molecule has 0 spiro atoms. The average Bonchev–Trinajstić information content (AvgIpc) is 2.99. The predicted molar refractivity (Wildman–Crippen MR) is 174 cm³/mol. The molecule has 0 atom stereocenters. The first-order valence-corrected chi connectivity index (χ1v) is 16.3. The summed E-state index contributed by atoms with van der Waals surface area (Å²) in [6, 6.07) is 17.4. The zero-order valence-corrected chi connectivity index (χ0v) is 26.5. The summed E-state index contributed by atoms with van der Waals surface area (Å²) in [6.45, 7) is 2.41. The Hall–Kier alpha value is -3.81. The number of hydrogen-bond donors (Lipinski definition) is 1. The Kier molecular flexibility index (Phi) is 7.86. The van der Waals surface area contributed by atoms with Crippen LogP contribution in [-0.2, 0) is 21.6 Å². The standard InChI is InChI=1S/C36H34Cl2N2O5/c1-2-44-32-15-21(3-10-31(32)45-20-25-4-7-27(37)16-30(25)38)14-29-33(41)39-35(43)40(34(29)42)28-8-5-26(6-9-28)36-17-22-11-23(18-36)13-24(12-22)19-36/h3-10,14-16,22-24H,2,11-13,17-20H2,1H3,(H,39,41,43)/b29-14+. The Morgan fingerprint density at radius 2 is 1.56 bits per heavy atom. The monoisotopic (exact) mass is 644 g/mol. The predicted octanol–water partition coefficient (Wildman–Crippen LogP) is 8.11. The van der Waals surface area contributed by atoms with Crippen molar-refractivity contribution in [1.29, 1.82) is 0 Å². The Morgan fingerprint density at radius 1 is 0.867 bits per heavy atom. The van der Waals surface area contributed by atoms with Crippen molar-refractivity contribution in [1.82, 2.24) is 5.32 Å². The largest absolute Gasteiger partial charge is 0.490 e. The SMILES string of the molecule is CCOc1cc(/C=C2\C(=O)NC(=O)N(c3ccc(C45CC6CC(CC(C6)C4)C5)cc3)C2=O)ccc1OCc1ccc(Cl)cc1Cl. The number of hydrogen-bond acceptors (Lipinski definition) is 5. The van der Waals surface area contributed by atoms with Crippen LogP contribution in [0, 0.1) is 17.8 Å². The summed E-state index contributed by atoms with van der Waals surface area (Å²) in [5, 5.41) is 3.36. The number of carbonyl (C=O) groups is 3. The van der Waals surface area contributed by atoms with Gasteiger partial charge in [-0.2, -0.15) is 0 Å². The highest BCUT2D eigenvalue weighted by molar-refractivity contribution is 6.39. The molecule has 1 N–H and O–H groups in total. The zero-order chi connectivity index (χ0) is 31.3. The number of carbonyl (C=O) groups excluding carboxylic acids is 3. The van der Waals surface area contributed by atoms with Gasteiger partial charge in [0.15, 0.2) is 11.5 Å². The summed E-state index contributed by atoms with van der Waals surface area (Å²) < 4.78 is 11.8. The Bertz CT molecular complexity index is 1680. The average molecular weight is 646 g/mol. The maximum Gasteiger partial charge on any atom is 0.335 e. The van der Waals surface area contributed by atoms with Crippen molar-refractivity contribution in [2.24, 2.45) is 17.8 Å². The summed E-state index contributed by atoms with van der Waals surface area (Å²) in [5.74, 6) is 1.93. The quantitative estimate of drug-likeness (QED) is 0.198. The van der Waals surface area contributed by atoms with Crippen molar-refractivity contribution in [3.05, 3.63) is 93.0 Å². The van der Waals surface area contributed by atoms with Gasteiger partial charge in [-0.05, 0) is 122 Å². The first kappa shape index (κ1) is 29.9.